The van der Waals surface area contributed by atoms with Crippen LogP contribution in [0.15, 0.2) is 42.7 Å². The van der Waals surface area contributed by atoms with Crippen molar-refractivity contribution in [3.05, 3.63) is 53.9 Å². The minimum atomic E-state index is -0.195. The van der Waals surface area contributed by atoms with E-state index in [0.717, 1.165) is 11.3 Å². The second kappa shape index (κ2) is 4.77. The van der Waals surface area contributed by atoms with Crippen LogP contribution in [0, 0.1) is 0 Å². The van der Waals surface area contributed by atoms with Gasteiger partial charge in [-0.15, -0.1) is 0 Å². The van der Waals surface area contributed by atoms with Crippen molar-refractivity contribution in [1.82, 2.24) is 4.98 Å². The molecule has 2 amide bonds. The molecule has 20 heavy (non-hydrogen) atoms. The van der Waals surface area contributed by atoms with Crippen LogP contribution >= 0.6 is 0 Å². The summed E-state index contributed by atoms with van der Waals surface area (Å²) < 4.78 is 0. The van der Waals surface area contributed by atoms with E-state index in [1.807, 2.05) is 18.2 Å². The molecular formula is C15H13N3O2. The molecule has 1 N–H and O–H groups in total. The molecule has 100 valence electrons. The number of hydrogen-bond donors (Lipinski definition) is 1. The molecule has 1 aromatic heterocycles. The van der Waals surface area contributed by atoms with E-state index in [0.29, 0.717) is 17.7 Å². The number of carbonyl (C=O) groups excluding carboxylic acids is 2. The van der Waals surface area contributed by atoms with E-state index in [2.05, 4.69) is 10.3 Å². The first-order chi connectivity index (χ1) is 9.65. The summed E-state index contributed by atoms with van der Waals surface area (Å²) in [6.45, 7) is 0. The monoisotopic (exact) mass is 267 g/mol. The summed E-state index contributed by atoms with van der Waals surface area (Å²) in [7, 11) is 1.74. The normalized spacial score (nSPS) is 13.2. The van der Waals surface area contributed by atoms with E-state index in [1.54, 1.807) is 36.5 Å². The maximum absolute atomic E-state index is 12.0. The first kappa shape index (κ1) is 12.3. The average Bonchev–Trinajstić information content (AvgIpc) is 2.75. The molecule has 1 aliphatic rings. The number of fused-ring (bicyclic) bond motifs is 1. The first-order valence-electron chi connectivity index (χ1n) is 6.26. The molecule has 0 radical (unpaired) electrons. The molecule has 0 saturated carbocycles. The van der Waals surface area contributed by atoms with Gasteiger partial charge in [0.2, 0.25) is 5.91 Å². The molecule has 0 aliphatic carbocycles. The van der Waals surface area contributed by atoms with Gasteiger partial charge in [0.1, 0.15) is 0 Å². The van der Waals surface area contributed by atoms with Gasteiger partial charge in [0.25, 0.3) is 5.91 Å². The van der Waals surface area contributed by atoms with Gasteiger partial charge < -0.3 is 10.2 Å². The molecule has 1 aliphatic heterocycles. The molecule has 5 nitrogen and oxygen atoms in total. The van der Waals surface area contributed by atoms with Gasteiger partial charge in [-0.05, 0) is 29.8 Å². The number of pyridine rings is 1. The van der Waals surface area contributed by atoms with E-state index in [9.17, 15) is 9.59 Å². The zero-order valence-corrected chi connectivity index (χ0v) is 11.0. The number of benzene rings is 1. The molecule has 0 saturated heterocycles. The summed E-state index contributed by atoms with van der Waals surface area (Å²) in [6, 6.07) is 8.80. The van der Waals surface area contributed by atoms with E-state index in [1.165, 1.54) is 0 Å². The van der Waals surface area contributed by atoms with Crippen LogP contribution in [0.2, 0.25) is 0 Å². The number of rotatable bonds is 2. The third-order valence-electron chi connectivity index (χ3n) is 3.36. The Labute approximate surface area is 116 Å². The molecule has 3 rings (SSSR count). The smallest absolute Gasteiger partial charge is 0.255 e. The van der Waals surface area contributed by atoms with E-state index < -0.39 is 0 Å². The lowest BCUT2D eigenvalue weighted by atomic mass is 10.1. The molecule has 0 spiro atoms. The number of aromatic nitrogens is 1. The number of carbonyl (C=O) groups is 2. The van der Waals surface area contributed by atoms with Crippen LogP contribution in [-0.4, -0.2) is 23.8 Å². The lowest BCUT2D eigenvalue weighted by Gasteiger charge is -2.12. The Morgan fingerprint density at radius 2 is 2.00 bits per heavy atom. The van der Waals surface area contributed by atoms with Crippen molar-refractivity contribution in [3.63, 3.8) is 0 Å². The third kappa shape index (κ3) is 2.14. The maximum Gasteiger partial charge on any atom is 0.255 e. The lowest BCUT2D eigenvalue weighted by Crippen LogP contribution is -2.20. The standard InChI is InChI=1S/C15H13N3O2/c1-18-13-9-12(3-2-11(13)8-14(18)19)17-15(20)10-4-6-16-7-5-10/h2-7,9H,8H2,1H3,(H,17,20). The summed E-state index contributed by atoms with van der Waals surface area (Å²) in [5.74, 6) is -0.128. The Balaban J connectivity index is 1.83. The maximum atomic E-state index is 12.0. The van der Waals surface area contributed by atoms with Crippen LogP contribution in [0.3, 0.4) is 0 Å². The Morgan fingerprint density at radius 3 is 2.75 bits per heavy atom. The third-order valence-corrected chi connectivity index (χ3v) is 3.36. The molecule has 0 unspecified atom stereocenters. The highest BCUT2D eigenvalue weighted by Crippen LogP contribution is 2.30. The molecule has 2 aromatic rings. The van der Waals surface area contributed by atoms with Crippen LogP contribution in [0.1, 0.15) is 15.9 Å². The minimum Gasteiger partial charge on any atom is -0.322 e. The molecule has 5 heteroatoms. The van der Waals surface area contributed by atoms with Gasteiger partial charge in [-0.25, -0.2) is 0 Å². The Kier molecular flexibility index (Phi) is 2.95. The fourth-order valence-electron chi connectivity index (χ4n) is 2.23. The quantitative estimate of drug-likeness (QED) is 0.903. The zero-order chi connectivity index (χ0) is 14.1. The van der Waals surface area contributed by atoms with Gasteiger partial charge in [0.05, 0.1) is 6.42 Å². The predicted molar refractivity (Wildman–Crippen MR) is 75.7 cm³/mol. The van der Waals surface area contributed by atoms with Gasteiger partial charge in [0.15, 0.2) is 0 Å². The van der Waals surface area contributed by atoms with Gasteiger partial charge in [0, 0.05) is 36.4 Å². The summed E-state index contributed by atoms with van der Waals surface area (Å²) in [5.41, 5.74) is 3.05. The molecule has 2 heterocycles. The largest absolute Gasteiger partial charge is 0.322 e. The van der Waals surface area contributed by atoms with Crippen molar-refractivity contribution in [3.8, 4) is 0 Å². The summed E-state index contributed by atoms with van der Waals surface area (Å²) in [6.07, 6.45) is 3.57. The topological polar surface area (TPSA) is 62.3 Å². The SMILES string of the molecule is CN1C(=O)Cc2ccc(NC(=O)c3ccncc3)cc21. The molecule has 0 bridgehead atoms. The van der Waals surface area contributed by atoms with Crippen molar-refractivity contribution in [1.29, 1.82) is 0 Å². The fraction of sp³-hybridized carbons (Fsp3) is 0.133. The molecule has 0 fully saturated rings. The van der Waals surface area contributed by atoms with Crippen molar-refractivity contribution >= 4 is 23.2 Å². The Morgan fingerprint density at radius 1 is 1.25 bits per heavy atom. The zero-order valence-electron chi connectivity index (χ0n) is 11.0. The highest BCUT2D eigenvalue weighted by Gasteiger charge is 2.24. The van der Waals surface area contributed by atoms with E-state index in [-0.39, 0.29) is 11.8 Å². The number of amides is 2. The molecule has 1 aromatic carbocycles. The van der Waals surface area contributed by atoms with Crippen LogP contribution in [0.25, 0.3) is 0 Å². The highest BCUT2D eigenvalue weighted by atomic mass is 16.2. The Hall–Kier alpha value is -2.69. The summed E-state index contributed by atoms with van der Waals surface area (Å²) >= 11 is 0. The highest BCUT2D eigenvalue weighted by molar-refractivity contribution is 6.06. The van der Waals surface area contributed by atoms with Gasteiger partial charge >= 0.3 is 0 Å². The van der Waals surface area contributed by atoms with E-state index >= 15 is 0 Å². The number of nitrogens with zero attached hydrogens (tertiary/aromatic N) is 2. The Bertz CT molecular complexity index is 683. The van der Waals surface area contributed by atoms with E-state index in [4.69, 9.17) is 0 Å². The van der Waals surface area contributed by atoms with Gasteiger partial charge in [-0.1, -0.05) is 6.07 Å². The fourth-order valence-corrected chi connectivity index (χ4v) is 2.23. The van der Waals surface area contributed by atoms with Crippen LogP contribution in [0.4, 0.5) is 11.4 Å². The molecular weight excluding hydrogens is 254 g/mol. The second-order valence-electron chi connectivity index (χ2n) is 4.66. The predicted octanol–water partition coefficient (Wildman–Crippen LogP) is 1.85. The van der Waals surface area contributed by atoms with Crippen LogP contribution in [-0.2, 0) is 11.2 Å². The summed E-state index contributed by atoms with van der Waals surface area (Å²) in [4.78, 5) is 29.1. The van der Waals surface area contributed by atoms with Gasteiger partial charge in [-0.2, -0.15) is 0 Å². The lowest BCUT2D eigenvalue weighted by molar-refractivity contribution is -0.117. The first-order valence-corrected chi connectivity index (χ1v) is 6.26. The molecule has 0 atom stereocenters. The summed E-state index contributed by atoms with van der Waals surface area (Å²) in [5, 5.41) is 2.82. The number of likely N-dealkylation sites (N-methyl/N-ethyl adjacent to an activating group) is 1. The van der Waals surface area contributed by atoms with Crippen molar-refractivity contribution in [2.75, 3.05) is 17.3 Å². The average molecular weight is 267 g/mol. The van der Waals surface area contributed by atoms with Crippen molar-refractivity contribution < 1.29 is 9.59 Å². The number of nitrogens with one attached hydrogen (secondary N) is 1. The van der Waals surface area contributed by atoms with Crippen molar-refractivity contribution in [2.24, 2.45) is 0 Å². The van der Waals surface area contributed by atoms with Crippen molar-refractivity contribution in [2.45, 2.75) is 6.42 Å². The number of anilines is 2. The number of hydrogen-bond acceptors (Lipinski definition) is 3. The van der Waals surface area contributed by atoms with Crippen LogP contribution in [0.5, 0.6) is 0 Å². The second-order valence-corrected chi connectivity index (χ2v) is 4.66. The van der Waals surface area contributed by atoms with Crippen LogP contribution < -0.4 is 10.2 Å². The minimum absolute atomic E-state index is 0.0672. The van der Waals surface area contributed by atoms with Gasteiger partial charge in [-0.3, -0.25) is 14.6 Å².